The molecule has 0 aliphatic carbocycles. The summed E-state index contributed by atoms with van der Waals surface area (Å²) < 4.78 is 3.74. The van der Waals surface area contributed by atoms with Crippen molar-refractivity contribution in [2.75, 3.05) is 37.6 Å². The van der Waals surface area contributed by atoms with Gasteiger partial charge in [0.1, 0.15) is 5.82 Å². The number of aliphatic imine (C=N–C) groups is 1. The van der Waals surface area contributed by atoms with Gasteiger partial charge in [-0.05, 0) is 37.9 Å². The third-order valence-electron chi connectivity index (χ3n) is 6.30. The lowest BCUT2D eigenvalue weighted by molar-refractivity contribution is 0.258. The van der Waals surface area contributed by atoms with Crippen molar-refractivity contribution in [1.82, 2.24) is 29.3 Å². The van der Waals surface area contributed by atoms with E-state index in [0.717, 1.165) is 65.3 Å². The van der Waals surface area contributed by atoms with Gasteiger partial charge in [-0.15, -0.1) is 0 Å². The van der Waals surface area contributed by atoms with E-state index in [1.54, 1.807) is 0 Å². The average molecular weight is 443 g/mol. The Kier molecular flexibility index (Phi) is 5.92. The normalized spacial score (nSPS) is 14.8. The molecule has 1 aliphatic rings. The zero-order valence-electron chi connectivity index (χ0n) is 19.4. The molecule has 0 radical (unpaired) electrons. The van der Waals surface area contributed by atoms with Crippen LogP contribution in [-0.4, -0.2) is 68.7 Å². The first-order chi connectivity index (χ1) is 16.2. The second-order valence-corrected chi connectivity index (χ2v) is 8.62. The number of nitrogens with zero attached hydrogens (tertiary/aromatic N) is 8. The van der Waals surface area contributed by atoms with Crippen LogP contribution in [0, 0.1) is 0 Å². The quantitative estimate of drug-likeness (QED) is 0.410. The molecule has 1 saturated heterocycles. The Bertz CT molecular complexity index is 1250. The molecule has 1 aliphatic heterocycles. The van der Waals surface area contributed by atoms with E-state index in [2.05, 4.69) is 56.8 Å². The highest BCUT2D eigenvalue weighted by Crippen LogP contribution is 2.32. The molecular weight excluding hydrogens is 412 g/mol. The van der Waals surface area contributed by atoms with Crippen LogP contribution in [0.25, 0.3) is 27.8 Å². The highest BCUT2D eigenvalue weighted by molar-refractivity contribution is 5.86. The lowest BCUT2D eigenvalue weighted by atomic mass is 10.0. The minimum atomic E-state index is 0.524. The molecule has 5 rings (SSSR count). The molecule has 0 amide bonds. The Hall–Kier alpha value is -3.52. The van der Waals surface area contributed by atoms with E-state index >= 15 is 0 Å². The standard InChI is InChI=1S/C25H30N8/c1-4-7-31-8-10-32(11-9-31)24-6-5-19(14-27-24)23-12-20(22-16-28-30(3)17-22)18-33-25(23)21(13-26-2)15-29-33/h5-6,12,14-18H,2,4,7-11,13H2,1,3H3. The molecule has 0 spiro atoms. The predicted octanol–water partition coefficient (Wildman–Crippen LogP) is 3.53. The number of anilines is 1. The van der Waals surface area contributed by atoms with Crippen molar-refractivity contribution in [2.45, 2.75) is 19.9 Å². The molecule has 1 fully saturated rings. The third-order valence-corrected chi connectivity index (χ3v) is 6.30. The second kappa shape index (κ2) is 9.15. The summed E-state index contributed by atoms with van der Waals surface area (Å²) in [6, 6.07) is 6.50. The van der Waals surface area contributed by atoms with E-state index in [1.807, 2.05) is 47.2 Å². The van der Waals surface area contributed by atoms with E-state index in [0.29, 0.717) is 6.54 Å². The van der Waals surface area contributed by atoms with Crippen LogP contribution in [0.3, 0.4) is 0 Å². The first-order valence-electron chi connectivity index (χ1n) is 11.5. The van der Waals surface area contributed by atoms with E-state index in [1.165, 1.54) is 13.0 Å². The van der Waals surface area contributed by atoms with Gasteiger partial charge < -0.3 is 4.90 Å². The van der Waals surface area contributed by atoms with E-state index < -0.39 is 0 Å². The van der Waals surface area contributed by atoms with Gasteiger partial charge in [0.15, 0.2) is 0 Å². The Morgan fingerprint density at radius 3 is 2.48 bits per heavy atom. The topological polar surface area (TPSA) is 66.8 Å². The van der Waals surface area contributed by atoms with Crippen LogP contribution < -0.4 is 4.90 Å². The van der Waals surface area contributed by atoms with Gasteiger partial charge in [-0.1, -0.05) is 6.92 Å². The van der Waals surface area contributed by atoms with Gasteiger partial charge in [0, 0.05) is 79.6 Å². The Morgan fingerprint density at radius 2 is 1.82 bits per heavy atom. The number of hydrogen-bond donors (Lipinski definition) is 0. The number of fused-ring (bicyclic) bond motifs is 1. The molecule has 0 bridgehead atoms. The molecule has 5 heterocycles. The summed E-state index contributed by atoms with van der Waals surface area (Å²) >= 11 is 0. The van der Waals surface area contributed by atoms with Crippen molar-refractivity contribution in [3.05, 3.63) is 54.7 Å². The molecule has 0 aromatic carbocycles. The zero-order valence-corrected chi connectivity index (χ0v) is 19.4. The van der Waals surface area contributed by atoms with Crippen LogP contribution in [0.5, 0.6) is 0 Å². The fourth-order valence-electron chi connectivity index (χ4n) is 4.62. The molecule has 0 saturated carbocycles. The summed E-state index contributed by atoms with van der Waals surface area (Å²) in [5, 5.41) is 8.93. The Balaban J connectivity index is 1.50. The van der Waals surface area contributed by atoms with Crippen LogP contribution in [-0.2, 0) is 13.6 Å². The van der Waals surface area contributed by atoms with Crippen molar-refractivity contribution in [3.8, 4) is 22.3 Å². The van der Waals surface area contributed by atoms with Crippen LogP contribution in [0.2, 0.25) is 0 Å². The molecule has 8 nitrogen and oxygen atoms in total. The smallest absolute Gasteiger partial charge is 0.128 e. The largest absolute Gasteiger partial charge is 0.354 e. The number of rotatable bonds is 7. The maximum absolute atomic E-state index is 4.85. The number of piperazine rings is 1. The van der Waals surface area contributed by atoms with E-state index in [9.17, 15) is 0 Å². The highest BCUT2D eigenvalue weighted by Gasteiger charge is 2.18. The molecule has 4 aromatic rings. The highest BCUT2D eigenvalue weighted by atomic mass is 15.3. The molecule has 4 aromatic heterocycles. The lowest BCUT2D eigenvalue weighted by Gasteiger charge is -2.35. The van der Waals surface area contributed by atoms with Crippen LogP contribution >= 0.6 is 0 Å². The molecule has 0 atom stereocenters. The van der Waals surface area contributed by atoms with Crippen LogP contribution in [0.4, 0.5) is 5.82 Å². The zero-order chi connectivity index (χ0) is 22.8. The molecule has 170 valence electrons. The van der Waals surface area contributed by atoms with Gasteiger partial charge in [-0.2, -0.15) is 10.2 Å². The van der Waals surface area contributed by atoms with Crippen molar-refractivity contribution in [2.24, 2.45) is 12.0 Å². The fourth-order valence-corrected chi connectivity index (χ4v) is 4.62. The average Bonchev–Trinajstić information content (AvgIpc) is 3.46. The maximum atomic E-state index is 4.85. The number of aromatic nitrogens is 5. The van der Waals surface area contributed by atoms with Gasteiger partial charge in [0.25, 0.3) is 0 Å². The first kappa shape index (κ1) is 21.3. The summed E-state index contributed by atoms with van der Waals surface area (Å²) in [5.41, 5.74) is 6.34. The van der Waals surface area contributed by atoms with E-state index in [4.69, 9.17) is 4.98 Å². The van der Waals surface area contributed by atoms with Gasteiger partial charge in [-0.25, -0.2) is 9.50 Å². The molecule has 0 unspecified atom stereocenters. The Morgan fingerprint density at radius 1 is 0.970 bits per heavy atom. The van der Waals surface area contributed by atoms with Crippen LogP contribution in [0.15, 0.2) is 54.2 Å². The summed E-state index contributed by atoms with van der Waals surface area (Å²) in [5.74, 6) is 1.04. The summed E-state index contributed by atoms with van der Waals surface area (Å²) in [7, 11) is 1.93. The number of hydrogen-bond acceptors (Lipinski definition) is 6. The van der Waals surface area contributed by atoms with Crippen molar-refractivity contribution >= 4 is 18.1 Å². The minimum absolute atomic E-state index is 0.524. The summed E-state index contributed by atoms with van der Waals surface area (Å²) in [6.07, 6.45) is 11.0. The van der Waals surface area contributed by atoms with Crippen LogP contribution in [0.1, 0.15) is 18.9 Å². The van der Waals surface area contributed by atoms with Gasteiger partial charge in [0.2, 0.25) is 0 Å². The summed E-state index contributed by atoms with van der Waals surface area (Å²) in [4.78, 5) is 13.9. The number of aryl methyl sites for hydroxylation is 1. The molecule has 8 heteroatoms. The minimum Gasteiger partial charge on any atom is -0.354 e. The van der Waals surface area contributed by atoms with Gasteiger partial charge in [-0.3, -0.25) is 14.6 Å². The monoisotopic (exact) mass is 442 g/mol. The van der Waals surface area contributed by atoms with Crippen molar-refractivity contribution in [3.63, 3.8) is 0 Å². The van der Waals surface area contributed by atoms with E-state index in [-0.39, 0.29) is 0 Å². The van der Waals surface area contributed by atoms with Gasteiger partial charge in [0.05, 0.1) is 24.5 Å². The summed E-state index contributed by atoms with van der Waals surface area (Å²) in [6.45, 7) is 11.8. The van der Waals surface area contributed by atoms with Gasteiger partial charge >= 0.3 is 0 Å². The SMILES string of the molecule is C=NCc1cnn2cc(-c3cnn(C)c3)cc(-c3ccc(N4CCN(CCC)CC4)nc3)c12. The third kappa shape index (κ3) is 4.26. The lowest BCUT2D eigenvalue weighted by Crippen LogP contribution is -2.46. The second-order valence-electron chi connectivity index (χ2n) is 8.62. The molecule has 33 heavy (non-hydrogen) atoms. The number of pyridine rings is 2. The van der Waals surface area contributed by atoms with Crippen molar-refractivity contribution < 1.29 is 0 Å². The predicted molar refractivity (Wildman–Crippen MR) is 133 cm³/mol. The first-order valence-corrected chi connectivity index (χ1v) is 11.5. The molecular formula is C25H30N8. The Labute approximate surface area is 194 Å². The molecule has 0 N–H and O–H groups in total. The maximum Gasteiger partial charge on any atom is 0.128 e. The fraction of sp³-hybridized carbons (Fsp3) is 0.360. The van der Waals surface area contributed by atoms with Crippen molar-refractivity contribution in [1.29, 1.82) is 0 Å².